The Morgan fingerprint density at radius 3 is 2.45 bits per heavy atom. The van der Waals surface area contributed by atoms with Gasteiger partial charge >= 0.3 is 0 Å². The molecule has 112 valence electrons. The molecular formula is C9H10F3N3O4S. The zero-order valence-corrected chi connectivity index (χ0v) is 10.9. The molecule has 11 heteroatoms. The number of nitro groups is 1. The molecule has 1 rings (SSSR count). The van der Waals surface area contributed by atoms with Crippen molar-refractivity contribution in [3.8, 4) is 0 Å². The van der Waals surface area contributed by atoms with Gasteiger partial charge in [-0.1, -0.05) is 0 Å². The second-order valence-corrected chi connectivity index (χ2v) is 5.26. The van der Waals surface area contributed by atoms with Gasteiger partial charge in [-0.25, -0.2) is 26.3 Å². The van der Waals surface area contributed by atoms with Crippen molar-refractivity contribution >= 4 is 21.4 Å². The van der Waals surface area contributed by atoms with E-state index in [4.69, 9.17) is 0 Å². The maximum absolute atomic E-state index is 13.7. The molecule has 0 radical (unpaired) electrons. The van der Waals surface area contributed by atoms with Crippen molar-refractivity contribution in [2.75, 3.05) is 18.9 Å². The molecule has 2 N–H and O–H groups in total. The van der Waals surface area contributed by atoms with Crippen molar-refractivity contribution < 1.29 is 26.5 Å². The predicted molar refractivity (Wildman–Crippen MR) is 63.8 cm³/mol. The number of sulfonamides is 1. The number of rotatable bonds is 6. The van der Waals surface area contributed by atoms with Crippen molar-refractivity contribution in [1.29, 1.82) is 0 Å². The van der Waals surface area contributed by atoms with Crippen LogP contribution in [0.4, 0.5) is 24.5 Å². The van der Waals surface area contributed by atoms with E-state index < -0.39 is 50.0 Å². The molecule has 20 heavy (non-hydrogen) atoms. The topological polar surface area (TPSA) is 101 Å². The Kier molecular flexibility index (Phi) is 4.89. The van der Waals surface area contributed by atoms with Crippen molar-refractivity contribution in [3.63, 3.8) is 0 Å². The average molecular weight is 313 g/mol. The number of nitrogens with zero attached hydrogens (tertiary/aromatic N) is 1. The van der Waals surface area contributed by atoms with Gasteiger partial charge in [-0.15, -0.1) is 0 Å². The summed E-state index contributed by atoms with van der Waals surface area (Å²) in [5, 5.41) is 12.8. The minimum Gasteiger partial charge on any atom is -0.387 e. The molecule has 0 saturated heterocycles. The average Bonchev–Trinajstić information content (AvgIpc) is 2.34. The summed E-state index contributed by atoms with van der Waals surface area (Å²) in [6.07, 6.45) is -2.95. The third-order valence-corrected chi connectivity index (χ3v) is 3.70. The number of halogens is 3. The Morgan fingerprint density at radius 1 is 1.40 bits per heavy atom. The Morgan fingerprint density at radius 2 is 2.00 bits per heavy atom. The van der Waals surface area contributed by atoms with E-state index in [0.29, 0.717) is 6.07 Å². The van der Waals surface area contributed by atoms with Gasteiger partial charge < -0.3 is 5.32 Å². The van der Waals surface area contributed by atoms with E-state index in [0.717, 1.165) is 6.07 Å². The highest BCUT2D eigenvalue weighted by atomic mass is 32.2. The Balaban J connectivity index is 3.34. The highest BCUT2D eigenvalue weighted by Gasteiger charge is 2.27. The maximum Gasteiger partial charge on any atom is 0.274 e. The van der Waals surface area contributed by atoms with Crippen molar-refractivity contribution in [2.24, 2.45) is 0 Å². The Bertz CT molecular complexity index is 621. The SMILES string of the molecule is CNc1cc([N+](=O)[O-])cc(F)c1S(=O)(=O)NCC(F)F. The summed E-state index contributed by atoms with van der Waals surface area (Å²) in [6.45, 7) is -1.19. The number of nitrogens with one attached hydrogen (secondary N) is 2. The molecule has 0 aliphatic carbocycles. The second-order valence-electron chi connectivity index (χ2n) is 3.55. The van der Waals surface area contributed by atoms with Crippen molar-refractivity contribution in [2.45, 2.75) is 11.3 Å². The molecule has 0 aliphatic rings. The molecule has 0 unspecified atom stereocenters. The molecular weight excluding hydrogens is 303 g/mol. The number of hydrogen-bond acceptors (Lipinski definition) is 5. The van der Waals surface area contributed by atoms with Gasteiger partial charge in [0.15, 0.2) is 5.82 Å². The molecule has 0 aromatic heterocycles. The molecule has 0 bridgehead atoms. The van der Waals surface area contributed by atoms with Gasteiger partial charge in [0.05, 0.1) is 23.2 Å². The standard InChI is InChI=1S/C9H10F3N3O4S/c1-13-7-3-5(15(16)17)2-6(10)9(7)20(18,19)14-4-8(11)12/h2-3,8,13-14H,4H2,1H3. The smallest absolute Gasteiger partial charge is 0.274 e. The largest absolute Gasteiger partial charge is 0.387 e. The van der Waals surface area contributed by atoms with E-state index in [2.05, 4.69) is 5.32 Å². The summed E-state index contributed by atoms with van der Waals surface area (Å²) >= 11 is 0. The molecule has 0 fully saturated rings. The van der Waals surface area contributed by atoms with Gasteiger partial charge in [-0.3, -0.25) is 10.1 Å². The molecule has 7 nitrogen and oxygen atoms in total. The van der Waals surface area contributed by atoms with E-state index in [-0.39, 0.29) is 0 Å². The van der Waals surface area contributed by atoms with Gasteiger partial charge in [0.25, 0.3) is 12.1 Å². The van der Waals surface area contributed by atoms with Crippen LogP contribution in [0.1, 0.15) is 0 Å². The number of nitro benzene ring substituents is 1. The first-order valence-electron chi connectivity index (χ1n) is 5.12. The molecule has 0 atom stereocenters. The van der Waals surface area contributed by atoms with Crippen molar-refractivity contribution in [3.05, 3.63) is 28.1 Å². The van der Waals surface area contributed by atoms with Gasteiger partial charge in [-0.2, -0.15) is 0 Å². The maximum atomic E-state index is 13.7. The van der Waals surface area contributed by atoms with E-state index in [1.54, 1.807) is 0 Å². The minimum atomic E-state index is -4.56. The Hall–Kier alpha value is -1.88. The fraction of sp³-hybridized carbons (Fsp3) is 0.333. The van der Waals surface area contributed by atoms with Crippen molar-refractivity contribution in [1.82, 2.24) is 4.72 Å². The summed E-state index contributed by atoms with van der Waals surface area (Å²) in [7, 11) is -3.35. The monoisotopic (exact) mass is 313 g/mol. The lowest BCUT2D eigenvalue weighted by Gasteiger charge is -2.12. The third-order valence-electron chi connectivity index (χ3n) is 2.20. The van der Waals surface area contributed by atoms with Crippen LogP contribution in [-0.4, -0.2) is 33.4 Å². The molecule has 1 aromatic carbocycles. The summed E-state index contributed by atoms with van der Waals surface area (Å²) in [5.41, 5.74) is -1.07. The van der Waals surface area contributed by atoms with E-state index in [1.165, 1.54) is 11.8 Å². The minimum absolute atomic E-state index is 0.401. The van der Waals surface area contributed by atoms with E-state index >= 15 is 0 Å². The van der Waals surface area contributed by atoms with E-state index in [9.17, 15) is 31.7 Å². The van der Waals surface area contributed by atoms with Gasteiger partial charge in [-0.05, 0) is 0 Å². The Labute approximate surface area is 112 Å². The van der Waals surface area contributed by atoms with Crippen LogP contribution < -0.4 is 10.0 Å². The molecule has 0 saturated carbocycles. The summed E-state index contributed by atoms with van der Waals surface area (Å²) in [6, 6.07) is 1.19. The van der Waals surface area contributed by atoms with Crippen LogP contribution in [0.25, 0.3) is 0 Å². The fourth-order valence-corrected chi connectivity index (χ4v) is 2.64. The number of anilines is 1. The summed E-state index contributed by atoms with van der Waals surface area (Å²) < 4.78 is 62.7. The highest BCUT2D eigenvalue weighted by molar-refractivity contribution is 7.89. The van der Waals surface area contributed by atoms with Gasteiger partial charge in [0, 0.05) is 13.1 Å². The lowest BCUT2D eigenvalue weighted by atomic mass is 10.2. The zero-order chi connectivity index (χ0) is 15.5. The molecule has 0 heterocycles. The highest BCUT2D eigenvalue weighted by Crippen LogP contribution is 2.29. The van der Waals surface area contributed by atoms with Crippen LogP contribution in [0.3, 0.4) is 0 Å². The van der Waals surface area contributed by atoms with Crippen LogP contribution in [0.2, 0.25) is 0 Å². The summed E-state index contributed by atoms with van der Waals surface area (Å²) in [5.74, 6) is -1.41. The number of non-ortho nitro benzene ring substituents is 1. The van der Waals surface area contributed by atoms with Crippen LogP contribution in [0.5, 0.6) is 0 Å². The lowest BCUT2D eigenvalue weighted by molar-refractivity contribution is -0.385. The van der Waals surface area contributed by atoms with Crippen LogP contribution in [0.15, 0.2) is 17.0 Å². The number of alkyl halides is 2. The van der Waals surface area contributed by atoms with Gasteiger partial charge in [0.1, 0.15) is 4.90 Å². The molecule has 0 spiro atoms. The lowest BCUT2D eigenvalue weighted by Crippen LogP contribution is -2.30. The van der Waals surface area contributed by atoms with Crippen LogP contribution >= 0.6 is 0 Å². The first-order chi connectivity index (χ1) is 9.19. The molecule has 0 amide bonds. The molecule has 1 aromatic rings. The first kappa shape index (κ1) is 16.2. The van der Waals surface area contributed by atoms with Crippen LogP contribution in [0, 0.1) is 15.9 Å². The quantitative estimate of drug-likeness (QED) is 0.609. The molecule has 0 aliphatic heterocycles. The summed E-state index contributed by atoms with van der Waals surface area (Å²) in [4.78, 5) is 8.68. The predicted octanol–water partition coefficient (Wildman–Crippen LogP) is 1.32. The normalized spacial score (nSPS) is 11.7. The van der Waals surface area contributed by atoms with E-state index in [1.807, 2.05) is 0 Å². The van der Waals surface area contributed by atoms with Crippen LogP contribution in [-0.2, 0) is 10.0 Å². The second kappa shape index (κ2) is 6.05. The number of hydrogen-bond donors (Lipinski definition) is 2. The zero-order valence-electron chi connectivity index (χ0n) is 10.1. The fourth-order valence-electron chi connectivity index (χ4n) is 1.39. The first-order valence-corrected chi connectivity index (χ1v) is 6.61. The third kappa shape index (κ3) is 3.57. The van der Waals surface area contributed by atoms with Gasteiger partial charge in [0.2, 0.25) is 10.0 Å². The number of benzene rings is 1.